The fourth-order valence-electron chi connectivity index (χ4n) is 4.48. The van der Waals surface area contributed by atoms with E-state index in [1.165, 1.54) is 46.6 Å². The van der Waals surface area contributed by atoms with Crippen molar-refractivity contribution in [2.24, 2.45) is 0 Å². The molecule has 1 fully saturated rings. The predicted octanol–water partition coefficient (Wildman–Crippen LogP) is 4.61. The monoisotopic (exact) mass is 480 g/mol. The summed E-state index contributed by atoms with van der Waals surface area (Å²) in [4.78, 5) is 37.1. The molecule has 0 spiro atoms. The molecule has 1 aromatic heterocycles. The molecule has 1 aliphatic rings. The Bertz CT molecular complexity index is 1530. The fourth-order valence-corrected chi connectivity index (χ4v) is 4.64. The van der Waals surface area contributed by atoms with Crippen molar-refractivity contribution in [1.29, 1.82) is 0 Å². The second kappa shape index (κ2) is 7.85. The van der Waals surface area contributed by atoms with Gasteiger partial charge in [-0.1, -0.05) is 23.7 Å². The molecular weight excluding hydrogens is 463 g/mol. The third-order valence-electron chi connectivity index (χ3n) is 6.23. The number of fused-ring (bicyclic) bond motifs is 1. The van der Waals surface area contributed by atoms with Gasteiger partial charge in [-0.2, -0.15) is 0 Å². The van der Waals surface area contributed by atoms with Gasteiger partial charge in [0.15, 0.2) is 0 Å². The summed E-state index contributed by atoms with van der Waals surface area (Å²) in [6, 6.07) is 15.3. The number of imidazole rings is 1. The Hall–Kier alpha value is -3.91. The van der Waals surface area contributed by atoms with Crippen LogP contribution in [-0.4, -0.2) is 33.3 Å². The number of aromatic carboxylic acids is 1. The van der Waals surface area contributed by atoms with Gasteiger partial charge in [0.05, 0.1) is 40.5 Å². The summed E-state index contributed by atoms with van der Waals surface area (Å²) in [6.07, 6.45) is 0.988. The molecule has 7 nitrogen and oxygen atoms in total. The first-order valence-electron chi connectivity index (χ1n) is 10.4. The van der Waals surface area contributed by atoms with Gasteiger partial charge in [-0.15, -0.1) is 0 Å². The molecular formula is C25H18ClFN2O5. The van der Waals surface area contributed by atoms with Crippen LogP contribution in [0.1, 0.15) is 39.1 Å². The van der Waals surface area contributed by atoms with Crippen LogP contribution in [0, 0.1) is 5.82 Å². The number of rotatable bonds is 5. The van der Waals surface area contributed by atoms with Gasteiger partial charge in [0.25, 0.3) is 0 Å². The standard InChI is InChI=1S/C25H18ClFN2O5/c1-34-23(32)17-3-2-4-18(21(17)27)25(11-12-25)29-19-10-7-15(26)13-20(19)28(24(29)33)16-8-5-14(6-9-16)22(30)31/h2-10,13H,11-12H2,1H3,(H,30,31). The Labute approximate surface area is 197 Å². The number of nitrogens with zero attached hydrogens (tertiary/aromatic N) is 2. The number of carbonyl (C=O) groups is 2. The highest BCUT2D eigenvalue weighted by molar-refractivity contribution is 6.31. The van der Waals surface area contributed by atoms with E-state index in [1.807, 2.05) is 0 Å². The van der Waals surface area contributed by atoms with Crippen LogP contribution < -0.4 is 5.69 Å². The molecule has 1 N–H and O–H groups in total. The summed E-state index contributed by atoms with van der Waals surface area (Å²) in [6.45, 7) is 0. The molecule has 0 atom stereocenters. The molecule has 3 aromatic carbocycles. The first kappa shape index (κ1) is 21.9. The van der Waals surface area contributed by atoms with Crippen molar-refractivity contribution >= 4 is 34.6 Å². The summed E-state index contributed by atoms with van der Waals surface area (Å²) >= 11 is 6.24. The zero-order chi connectivity index (χ0) is 24.2. The maximum atomic E-state index is 15.5. The maximum absolute atomic E-state index is 15.5. The first-order valence-corrected chi connectivity index (χ1v) is 10.8. The number of hydrogen-bond donors (Lipinski definition) is 1. The Morgan fingerprint density at radius 2 is 1.76 bits per heavy atom. The third kappa shape index (κ3) is 3.21. The molecule has 0 saturated heterocycles. The van der Waals surface area contributed by atoms with E-state index in [9.17, 15) is 19.5 Å². The van der Waals surface area contributed by atoms with E-state index >= 15 is 4.39 Å². The van der Waals surface area contributed by atoms with E-state index in [0.717, 1.165) is 0 Å². The van der Waals surface area contributed by atoms with E-state index < -0.39 is 29.0 Å². The van der Waals surface area contributed by atoms with Crippen LogP contribution in [0.4, 0.5) is 4.39 Å². The van der Waals surface area contributed by atoms with Gasteiger partial charge >= 0.3 is 17.6 Å². The number of methoxy groups -OCH3 is 1. The Balaban J connectivity index is 1.77. The zero-order valence-electron chi connectivity index (χ0n) is 17.9. The van der Waals surface area contributed by atoms with Crippen LogP contribution in [0.5, 0.6) is 0 Å². The summed E-state index contributed by atoms with van der Waals surface area (Å²) in [5.74, 6) is -2.60. The summed E-state index contributed by atoms with van der Waals surface area (Å²) in [5, 5.41) is 9.61. The van der Waals surface area contributed by atoms with E-state index in [0.29, 0.717) is 34.6 Å². The van der Waals surface area contributed by atoms with Crippen LogP contribution in [0.15, 0.2) is 65.5 Å². The highest BCUT2D eigenvalue weighted by atomic mass is 35.5. The molecule has 0 aliphatic heterocycles. The van der Waals surface area contributed by atoms with E-state index in [-0.39, 0.29) is 16.7 Å². The highest BCUT2D eigenvalue weighted by Crippen LogP contribution is 2.51. The molecule has 1 heterocycles. The first-order chi connectivity index (χ1) is 16.3. The minimum Gasteiger partial charge on any atom is -0.478 e. The van der Waals surface area contributed by atoms with Crippen molar-refractivity contribution in [2.45, 2.75) is 18.4 Å². The Kier molecular flexibility index (Phi) is 5.06. The number of hydrogen-bond acceptors (Lipinski definition) is 4. The third-order valence-corrected chi connectivity index (χ3v) is 6.47. The van der Waals surface area contributed by atoms with Crippen molar-refractivity contribution in [3.8, 4) is 5.69 Å². The van der Waals surface area contributed by atoms with Crippen LogP contribution in [0.25, 0.3) is 16.7 Å². The largest absolute Gasteiger partial charge is 0.478 e. The molecule has 9 heteroatoms. The molecule has 1 saturated carbocycles. The van der Waals surface area contributed by atoms with Crippen LogP contribution in [-0.2, 0) is 10.3 Å². The normalized spacial score (nSPS) is 14.2. The fraction of sp³-hybridized carbons (Fsp3) is 0.160. The summed E-state index contributed by atoms with van der Waals surface area (Å²) in [5.41, 5.74) is 0.181. The number of aromatic nitrogens is 2. The smallest absolute Gasteiger partial charge is 0.340 e. The molecule has 1 aliphatic carbocycles. The number of esters is 1. The molecule has 0 unspecified atom stereocenters. The quantitative estimate of drug-likeness (QED) is 0.421. The van der Waals surface area contributed by atoms with Crippen LogP contribution in [0.3, 0.4) is 0 Å². The molecule has 34 heavy (non-hydrogen) atoms. The molecule has 4 aromatic rings. The van der Waals surface area contributed by atoms with Crippen LogP contribution in [0.2, 0.25) is 5.02 Å². The lowest BCUT2D eigenvalue weighted by Crippen LogP contribution is -2.33. The van der Waals surface area contributed by atoms with Gasteiger partial charge in [0.1, 0.15) is 5.82 Å². The lowest BCUT2D eigenvalue weighted by Gasteiger charge is -2.20. The molecule has 5 rings (SSSR count). The molecule has 172 valence electrons. The minimum absolute atomic E-state index is 0.0823. The summed E-state index contributed by atoms with van der Waals surface area (Å²) in [7, 11) is 1.18. The van der Waals surface area contributed by atoms with Gasteiger partial charge < -0.3 is 9.84 Å². The average molecular weight is 481 g/mol. The van der Waals surface area contributed by atoms with Crippen molar-refractivity contribution in [3.05, 3.63) is 98.7 Å². The van der Waals surface area contributed by atoms with Crippen molar-refractivity contribution < 1.29 is 23.8 Å². The number of ether oxygens (including phenoxy) is 1. The molecule has 0 amide bonds. The molecule has 0 bridgehead atoms. The van der Waals surface area contributed by atoms with Gasteiger partial charge in [-0.05, 0) is 61.4 Å². The van der Waals surface area contributed by atoms with Gasteiger partial charge in [-0.3, -0.25) is 9.13 Å². The maximum Gasteiger partial charge on any atom is 0.340 e. The molecule has 0 radical (unpaired) electrons. The van der Waals surface area contributed by atoms with E-state index in [1.54, 1.807) is 30.3 Å². The number of halogens is 2. The van der Waals surface area contributed by atoms with Gasteiger partial charge in [0.2, 0.25) is 0 Å². The number of carbonyl (C=O) groups excluding carboxylic acids is 1. The van der Waals surface area contributed by atoms with Gasteiger partial charge in [-0.25, -0.2) is 18.8 Å². The highest BCUT2D eigenvalue weighted by Gasteiger charge is 2.51. The van der Waals surface area contributed by atoms with Gasteiger partial charge in [0, 0.05) is 10.6 Å². The van der Waals surface area contributed by atoms with E-state index in [4.69, 9.17) is 16.3 Å². The lowest BCUT2D eigenvalue weighted by molar-refractivity contribution is 0.0594. The number of carboxylic acid groups (broad SMARTS) is 1. The zero-order valence-corrected chi connectivity index (χ0v) is 18.7. The Morgan fingerprint density at radius 3 is 2.38 bits per heavy atom. The average Bonchev–Trinajstić information content (AvgIpc) is 3.56. The predicted molar refractivity (Wildman–Crippen MR) is 124 cm³/mol. The lowest BCUT2D eigenvalue weighted by atomic mass is 10.00. The number of carboxylic acids is 1. The SMILES string of the molecule is COC(=O)c1cccc(C2(n3c(=O)n(-c4ccc(C(=O)O)cc4)c4cc(Cl)ccc43)CC2)c1F. The van der Waals surface area contributed by atoms with E-state index in [2.05, 4.69) is 0 Å². The van der Waals surface area contributed by atoms with Crippen molar-refractivity contribution in [3.63, 3.8) is 0 Å². The second-order valence-corrected chi connectivity index (χ2v) is 8.57. The second-order valence-electron chi connectivity index (χ2n) is 8.13. The van der Waals surface area contributed by atoms with Crippen molar-refractivity contribution in [1.82, 2.24) is 9.13 Å². The summed E-state index contributed by atoms with van der Waals surface area (Å²) < 4.78 is 23.1. The Morgan fingerprint density at radius 1 is 1.06 bits per heavy atom. The minimum atomic E-state index is -1.08. The topological polar surface area (TPSA) is 90.5 Å². The number of benzene rings is 3. The van der Waals surface area contributed by atoms with Crippen molar-refractivity contribution in [2.75, 3.05) is 7.11 Å². The van der Waals surface area contributed by atoms with Crippen LogP contribution >= 0.6 is 11.6 Å².